The zero-order valence-electron chi connectivity index (χ0n) is 8.13. The summed E-state index contributed by atoms with van der Waals surface area (Å²) in [5.74, 6) is 0.488. The smallest absolute Gasteiger partial charge is 0.224 e. The van der Waals surface area contributed by atoms with Crippen molar-refractivity contribution in [2.24, 2.45) is 5.73 Å². The zero-order valence-corrected chi connectivity index (χ0v) is 8.13. The summed E-state index contributed by atoms with van der Waals surface area (Å²) >= 11 is 0. The fraction of sp³-hybridized carbons (Fsp3) is 0.400. The van der Waals surface area contributed by atoms with Crippen molar-refractivity contribution in [1.82, 2.24) is 4.98 Å². The number of rotatable bonds is 2. The molecule has 0 aromatic carbocycles. The maximum absolute atomic E-state index is 7.40. The van der Waals surface area contributed by atoms with Gasteiger partial charge >= 0.3 is 0 Å². The Balaban J connectivity index is 2.54. The number of nitrogens with zero attached hydrogens (tertiary/aromatic N) is 1. The fourth-order valence-corrected chi connectivity index (χ4v) is 1.80. The summed E-state index contributed by atoms with van der Waals surface area (Å²) < 4.78 is 5.10. The van der Waals surface area contributed by atoms with Crippen LogP contribution in [-0.2, 0) is 12.8 Å². The van der Waals surface area contributed by atoms with Crippen molar-refractivity contribution in [1.29, 1.82) is 5.41 Å². The number of amidine groups is 1. The molecule has 0 atom stereocenters. The SMILES string of the molecule is COc1nc2c(cc1C(=N)N)CCC2. The normalized spacial score (nSPS) is 13.8. The van der Waals surface area contributed by atoms with Gasteiger partial charge in [-0.3, -0.25) is 5.41 Å². The van der Waals surface area contributed by atoms with E-state index in [1.54, 1.807) is 7.11 Å². The Bertz CT molecular complexity index is 387. The molecule has 14 heavy (non-hydrogen) atoms. The lowest BCUT2D eigenvalue weighted by molar-refractivity contribution is 0.395. The molecule has 4 nitrogen and oxygen atoms in total. The van der Waals surface area contributed by atoms with Crippen molar-refractivity contribution in [3.8, 4) is 5.88 Å². The minimum absolute atomic E-state index is 0.0176. The highest BCUT2D eigenvalue weighted by atomic mass is 16.5. The number of nitrogens with one attached hydrogen (secondary N) is 1. The highest BCUT2D eigenvalue weighted by molar-refractivity contribution is 5.97. The van der Waals surface area contributed by atoms with Gasteiger partial charge in [-0.25, -0.2) is 4.98 Å². The maximum Gasteiger partial charge on any atom is 0.224 e. The third-order valence-electron chi connectivity index (χ3n) is 2.50. The third-order valence-corrected chi connectivity index (χ3v) is 2.50. The Morgan fingerprint density at radius 1 is 1.57 bits per heavy atom. The van der Waals surface area contributed by atoms with Crippen LogP contribution in [0.2, 0.25) is 0 Å². The molecule has 1 aliphatic rings. The largest absolute Gasteiger partial charge is 0.480 e. The van der Waals surface area contributed by atoms with Crippen molar-refractivity contribution in [2.75, 3.05) is 7.11 Å². The van der Waals surface area contributed by atoms with Crippen LogP contribution in [0.4, 0.5) is 0 Å². The van der Waals surface area contributed by atoms with Gasteiger partial charge in [-0.1, -0.05) is 0 Å². The van der Waals surface area contributed by atoms with Crippen LogP contribution in [0.25, 0.3) is 0 Å². The van der Waals surface area contributed by atoms with Gasteiger partial charge in [-0.2, -0.15) is 0 Å². The van der Waals surface area contributed by atoms with E-state index < -0.39 is 0 Å². The number of nitrogen functional groups attached to an aromatic ring is 1. The van der Waals surface area contributed by atoms with Crippen molar-refractivity contribution in [2.45, 2.75) is 19.3 Å². The van der Waals surface area contributed by atoms with Gasteiger partial charge in [-0.15, -0.1) is 0 Å². The number of hydrogen-bond acceptors (Lipinski definition) is 3. The second kappa shape index (κ2) is 3.29. The van der Waals surface area contributed by atoms with Gasteiger partial charge in [0, 0.05) is 5.69 Å². The van der Waals surface area contributed by atoms with Crippen LogP contribution in [0.3, 0.4) is 0 Å². The van der Waals surface area contributed by atoms with E-state index in [1.807, 2.05) is 6.07 Å². The Morgan fingerprint density at radius 3 is 3.00 bits per heavy atom. The van der Waals surface area contributed by atoms with E-state index in [0.29, 0.717) is 11.4 Å². The third kappa shape index (κ3) is 1.32. The molecule has 0 amide bonds. The molecule has 0 bridgehead atoms. The molecule has 74 valence electrons. The molecule has 0 radical (unpaired) electrons. The molecule has 1 heterocycles. The maximum atomic E-state index is 7.40. The lowest BCUT2D eigenvalue weighted by Gasteiger charge is -2.08. The summed E-state index contributed by atoms with van der Waals surface area (Å²) in [6, 6.07) is 1.93. The molecule has 0 fully saturated rings. The first-order valence-corrected chi connectivity index (χ1v) is 4.63. The summed E-state index contributed by atoms with van der Waals surface area (Å²) in [4.78, 5) is 4.35. The highest BCUT2D eigenvalue weighted by Crippen LogP contribution is 2.25. The molecular formula is C10H13N3O. The minimum Gasteiger partial charge on any atom is -0.480 e. The lowest BCUT2D eigenvalue weighted by Crippen LogP contribution is -2.14. The molecule has 0 saturated carbocycles. The van der Waals surface area contributed by atoms with Gasteiger partial charge in [0.05, 0.1) is 12.7 Å². The van der Waals surface area contributed by atoms with Crippen LogP contribution in [0.15, 0.2) is 6.07 Å². The molecule has 1 aromatic rings. The van der Waals surface area contributed by atoms with E-state index in [2.05, 4.69) is 4.98 Å². The minimum atomic E-state index is 0.0176. The standard InChI is InChI=1S/C10H13N3O/c1-14-10-7(9(11)12)5-6-3-2-4-8(6)13-10/h5H,2-4H2,1H3,(H3,11,12). The predicted octanol–water partition coefficient (Wildman–Crippen LogP) is 0.863. The first kappa shape index (κ1) is 8.99. The van der Waals surface area contributed by atoms with E-state index in [4.69, 9.17) is 15.9 Å². The Kier molecular flexibility index (Phi) is 2.11. The van der Waals surface area contributed by atoms with Gasteiger partial charge in [0.15, 0.2) is 0 Å². The fourth-order valence-electron chi connectivity index (χ4n) is 1.80. The van der Waals surface area contributed by atoms with Gasteiger partial charge in [-0.05, 0) is 30.9 Å². The molecular weight excluding hydrogens is 178 g/mol. The number of methoxy groups -OCH3 is 1. The summed E-state index contributed by atoms with van der Waals surface area (Å²) in [6.45, 7) is 0. The van der Waals surface area contributed by atoms with Crippen molar-refractivity contribution in [3.05, 3.63) is 22.9 Å². The van der Waals surface area contributed by atoms with E-state index in [-0.39, 0.29) is 5.84 Å². The number of aryl methyl sites for hydroxylation is 2. The Hall–Kier alpha value is -1.58. The van der Waals surface area contributed by atoms with Gasteiger partial charge in [0.25, 0.3) is 0 Å². The Labute approximate surface area is 82.6 Å². The first-order chi connectivity index (χ1) is 6.72. The van der Waals surface area contributed by atoms with Crippen LogP contribution in [0.5, 0.6) is 5.88 Å². The molecule has 1 aromatic heterocycles. The second-order valence-electron chi connectivity index (χ2n) is 3.42. The second-order valence-corrected chi connectivity index (χ2v) is 3.42. The molecule has 0 spiro atoms. The van der Waals surface area contributed by atoms with E-state index in [0.717, 1.165) is 25.0 Å². The number of aromatic nitrogens is 1. The number of nitrogens with two attached hydrogens (primary N) is 1. The van der Waals surface area contributed by atoms with Crippen molar-refractivity contribution < 1.29 is 4.74 Å². The predicted molar refractivity (Wildman–Crippen MR) is 53.8 cm³/mol. The van der Waals surface area contributed by atoms with Crippen LogP contribution in [0.1, 0.15) is 23.2 Å². The molecule has 3 N–H and O–H groups in total. The molecule has 0 aliphatic heterocycles. The summed E-state index contributed by atoms with van der Waals surface area (Å²) in [5.41, 5.74) is 8.35. The number of pyridine rings is 1. The van der Waals surface area contributed by atoms with Crippen LogP contribution in [-0.4, -0.2) is 17.9 Å². The average molecular weight is 191 g/mol. The number of hydrogen-bond donors (Lipinski definition) is 2. The topological polar surface area (TPSA) is 72.0 Å². The van der Waals surface area contributed by atoms with Crippen molar-refractivity contribution in [3.63, 3.8) is 0 Å². The van der Waals surface area contributed by atoms with E-state index >= 15 is 0 Å². The molecule has 0 saturated heterocycles. The monoisotopic (exact) mass is 191 g/mol. The summed E-state index contributed by atoms with van der Waals surface area (Å²) in [7, 11) is 1.55. The van der Waals surface area contributed by atoms with Gasteiger partial charge < -0.3 is 10.5 Å². The number of ether oxygens (including phenoxy) is 1. The average Bonchev–Trinajstić information content (AvgIpc) is 2.62. The quantitative estimate of drug-likeness (QED) is 0.538. The molecule has 1 aliphatic carbocycles. The summed E-state index contributed by atoms with van der Waals surface area (Å²) in [5, 5.41) is 7.40. The van der Waals surface area contributed by atoms with Crippen LogP contribution in [0, 0.1) is 5.41 Å². The highest BCUT2D eigenvalue weighted by Gasteiger charge is 2.17. The lowest BCUT2D eigenvalue weighted by atomic mass is 10.1. The Morgan fingerprint density at radius 2 is 2.36 bits per heavy atom. The number of fused-ring (bicyclic) bond motifs is 1. The van der Waals surface area contributed by atoms with E-state index in [9.17, 15) is 0 Å². The van der Waals surface area contributed by atoms with Gasteiger partial charge in [0.1, 0.15) is 5.84 Å². The van der Waals surface area contributed by atoms with E-state index in [1.165, 1.54) is 5.56 Å². The molecule has 2 rings (SSSR count). The molecule has 4 heteroatoms. The summed E-state index contributed by atoms with van der Waals surface area (Å²) in [6.07, 6.45) is 3.17. The van der Waals surface area contributed by atoms with Crippen LogP contribution < -0.4 is 10.5 Å². The first-order valence-electron chi connectivity index (χ1n) is 4.63. The molecule has 0 unspecified atom stereocenters. The zero-order chi connectivity index (χ0) is 10.1. The van der Waals surface area contributed by atoms with Crippen LogP contribution >= 0.6 is 0 Å². The van der Waals surface area contributed by atoms with Crippen molar-refractivity contribution >= 4 is 5.84 Å². The van der Waals surface area contributed by atoms with Gasteiger partial charge in [0.2, 0.25) is 5.88 Å².